The van der Waals surface area contributed by atoms with Crippen LogP contribution in [-0.4, -0.2) is 65.8 Å². The molecule has 0 bridgehead atoms. The van der Waals surface area contributed by atoms with Gasteiger partial charge in [0.25, 0.3) is 5.91 Å². The standard InChI is InChI=1S/C36H44N6O5S/c1-25-10-9-23-40(24-25)48(45,46)31-21-17-29(18-22-31)41(36(44)26(2)42-33-14-8-7-13-32(33)38-39-42)34(27-15-19-30(47-3)20-16-27)35(43)37-28-11-5-4-6-12-28/h7-8,13-22,25-26,28,34H,4-6,9-12,23-24H2,1-3H3,(H,37,43)/t25-,26-,34+/m0/s1. The highest BCUT2D eigenvalue weighted by atomic mass is 32.2. The van der Waals surface area contributed by atoms with Crippen molar-refractivity contribution in [2.75, 3.05) is 25.1 Å². The third-order valence-electron chi connectivity index (χ3n) is 9.60. The van der Waals surface area contributed by atoms with Gasteiger partial charge in [-0.2, -0.15) is 4.31 Å². The second kappa shape index (κ2) is 14.4. The normalized spacial score (nSPS) is 19.0. The van der Waals surface area contributed by atoms with E-state index in [4.69, 9.17) is 4.74 Å². The van der Waals surface area contributed by atoms with E-state index < -0.39 is 28.0 Å². The molecule has 0 radical (unpaired) electrons. The van der Waals surface area contributed by atoms with Crippen molar-refractivity contribution in [3.8, 4) is 5.75 Å². The van der Waals surface area contributed by atoms with Crippen molar-refractivity contribution in [1.29, 1.82) is 0 Å². The zero-order valence-electron chi connectivity index (χ0n) is 27.8. The summed E-state index contributed by atoms with van der Waals surface area (Å²) in [4.78, 5) is 30.8. The Morgan fingerprint density at radius 2 is 1.65 bits per heavy atom. The Hall–Kier alpha value is -4.29. The second-order valence-electron chi connectivity index (χ2n) is 13.0. The minimum Gasteiger partial charge on any atom is -0.497 e. The SMILES string of the molecule is COc1ccc([C@H](C(=O)NC2CCCCC2)N(C(=O)[C@H](C)n2nnc3ccccc32)c2ccc(S(=O)(=O)N3CCC[C@H](C)C3)cc2)cc1. The number of ether oxygens (including phenoxy) is 1. The average molecular weight is 673 g/mol. The molecule has 11 nitrogen and oxygen atoms in total. The summed E-state index contributed by atoms with van der Waals surface area (Å²) < 4.78 is 35.8. The minimum absolute atomic E-state index is 0.0000799. The van der Waals surface area contributed by atoms with E-state index in [0.29, 0.717) is 41.1 Å². The third kappa shape index (κ3) is 6.95. The zero-order valence-corrected chi connectivity index (χ0v) is 28.6. The van der Waals surface area contributed by atoms with Crippen molar-refractivity contribution in [1.82, 2.24) is 24.6 Å². The topological polar surface area (TPSA) is 127 Å². The summed E-state index contributed by atoms with van der Waals surface area (Å²) in [5, 5.41) is 11.8. The van der Waals surface area contributed by atoms with Gasteiger partial charge >= 0.3 is 0 Å². The number of hydrogen-bond acceptors (Lipinski definition) is 7. The van der Waals surface area contributed by atoms with Crippen LogP contribution in [0.3, 0.4) is 0 Å². The number of benzene rings is 3. The molecule has 2 amide bonds. The van der Waals surface area contributed by atoms with E-state index in [1.165, 1.54) is 21.3 Å². The number of fused-ring (bicyclic) bond motifs is 1. The fourth-order valence-corrected chi connectivity index (χ4v) is 8.50. The van der Waals surface area contributed by atoms with Gasteiger partial charge in [-0.15, -0.1) is 5.10 Å². The highest BCUT2D eigenvalue weighted by Gasteiger charge is 2.38. The van der Waals surface area contributed by atoms with Crippen LogP contribution in [0.15, 0.2) is 77.7 Å². The number of aromatic nitrogens is 3. The molecule has 6 rings (SSSR count). The second-order valence-corrected chi connectivity index (χ2v) is 15.0. The van der Waals surface area contributed by atoms with Crippen molar-refractivity contribution in [3.63, 3.8) is 0 Å². The molecule has 0 spiro atoms. The molecule has 0 unspecified atom stereocenters. The predicted octanol–water partition coefficient (Wildman–Crippen LogP) is 5.64. The summed E-state index contributed by atoms with van der Waals surface area (Å²) in [6, 6.07) is 18.9. The van der Waals surface area contributed by atoms with Gasteiger partial charge in [-0.25, -0.2) is 13.1 Å². The molecule has 3 aromatic carbocycles. The van der Waals surface area contributed by atoms with Crippen LogP contribution in [-0.2, 0) is 19.6 Å². The maximum absolute atomic E-state index is 14.8. The molecule has 4 aromatic rings. The summed E-state index contributed by atoms with van der Waals surface area (Å²) in [6.45, 7) is 4.74. The number of carbonyl (C=O) groups excluding carboxylic acids is 2. The molecule has 1 saturated heterocycles. The Labute approximate surface area is 282 Å². The van der Waals surface area contributed by atoms with E-state index in [1.54, 1.807) is 55.1 Å². The lowest BCUT2D eigenvalue weighted by molar-refractivity contribution is -0.128. The highest BCUT2D eigenvalue weighted by Crippen LogP contribution is 2.34. The van der Waals surface area contributed by atoms with Crippen LogP contribution in [0.4, 0.5) is 5.69 Å². The molecule has 1 aromatic heterocycles. The van der Waals surface area contributed by atoms with Crippen molar-refractivity contribution in [2.45, 2.75) is 81.8 Å². The number of sulfonamides is 1. The molecule has 12 heteroatoms. The Morgan fingerprint density at radius 1 is 0.938 bits per heavy atom. The van der Waals surface area contributed by atoms with Crippen LogP contribution >= 0.6 is 0 Å². The number of anilines is 1. The van der Waals surface area contributed by atoms with E-state index in [-0.39, 0.29) is 22.8 Å². The van der Waals surface area contributed by atoms with Crippen LogP contribution in [0.25, 0.3) is 11.0 Å². The average Bonchev–Trinajstić information content (AvgIpc) is 3.55. The Balaban J connectivity index is 1.43. The summed E-state index contributed by atoms with van der Waals surface area (Å²) in [6.07, 6.45) is 6.75. The van der Waals surface area contributed by atoms with Gasteiger partial charge in [-0.3, -0.25) is 14.5 Å². The van der Waals surface area contributed by atoms with Crippen molar-refractivity contribution in [2.24, 2.45) is 5.92 Å². The van der Waals surface area contributed by atoms with Crippen LogP contribution < -0.4 is 15.0 Å². The van der Waals surface area contributed by atoms with Crippen LogP contribution in [0.2, 0.25) is 0 Å². The molecule has 2 heterocycles. The molecule has 254 valence electrons. The molecular weight excluding hydrogens is 628 g/mol. The lowest BCUT2D eigenvalue weighted by atomic mass is 9.94. The van der Waals surface area contributed by atoms with Crippen molar-refractivity contribution < 1.29 is 22.7 Å². The number of amides is 2. The van der Waals surface area contributed by atoms with Gasteiger partial charge in [-0.1, -0.05) is 55.7 Å². The number of piperidine rings is 1. The van der Waals surface area contributed by atoms with E-state index in [1.807, 2.05) is 24.3 Å². The Bertz CT molecular complexity index is 1840. The van der Waals surface area contributed by atoms with Crippen LogP contribution in [0.5, 0.6) is 5.75 Å². The van der Waals surface area contributed by atoms with Crippen LogP contribution in [0, 0.1) is 5.92 Å². The van der Waals surface area contributed by atoms with E-state index in [9.17, 15) is 18.0 Å². The first kappa shape index (κ1) is 33.6. The van der Waals surface area contributed by atoms with Gasteiger partial charge in [0.15, 0.2) is 0 Å². The van der Waals surface area contributed by atoms with E-state index in [0.717, 1.165) is 44.9 Å². The number of carbonyl (C=O) groups is 2. The summed E-state index contributed by atoms with van der Waals surface area (Å²) in [5.74, 6) is 0.191. The molecule has 2 aliphatic rings. The maximum Gasteiger partial charge on any atom is 0.252 e. The van der Waals surface area contributed by atoms with Gasteiger partial charge in [0.1, 0.15) is 23.3 Å². The molecule has 1 N–H and O–H groups in total. The monoisotopic (exact) mass is 672 g/mol. The number of para-hydroxylation sites is 1. The first-order valence-corrected chi connectivity index (χ1v) is 18.3. The van der Waals surface area contributed by atoms with Gasteiger partial charge in [0.05, 0.1) is 17.5 Å². The van der Waals surface area contributed by atoms with Crippen molar-refractivity contribution >= 4 is 38.6 Å². The largest absolute Gasteiger partial charge is 0.497 e. The minimum atomic E-state index is -3.74. The first-order chi connectivity index (χ1) is 23.2. The third-order valence-corrected chi connectivity index (χ3v) is 11.5. The number of rotatable bonds is 10. The summed E-state index contributed by atoms with van der Waals surface area (Å²) in [7, 11) is -2.16. The van der Waals surface area contributed by atoms with E-state index in [2.05, 4.69) is 22.6 Å². The van der Waals surface area contributed by atoms with Gasteiger partial charge in [0.2, 0.25) is 15.9 Å². The molecular formula is C36H44N6O5S. The van der Waals surface area contributed by atoms with Crippen molar-refractivity contribution in [3.05, 3.63) is 78.4 Å². The fourth-order valence-electron chi connectivity index (χ4n) is 6.91. The van der Waals surface area contributed by atoms with Gasteiger partial charge < -0.3 is 10.1 Å². The number of hydrogen-bond donors (Lipinski definition) is 1. The predicted molar refractivity (Wildman–Crippen MR) is 184 cm³/mol. The fraction of sp³-hybridized carbons (Fsp3) is 0.444. The molecule has 1 aliphatic heterocycles. The summed E-state index contributed by atoms with van der Waals surface area (Å²) >= 11 is 0. The molecule has 1 saturated carbocycles. The number of nitrogens with one attached hydrogen (secondary N) is 1. The molecule has 48 heavy (non-hydrogen) atoms. The lowest BCUT2D eigenvalue weighted by Gasteiger charge is -2.35. The molecule has 2 fully saturated rings. The Kier molecular flexibility index (Phi) is 10.1. The molecule has 1 aliphatic carbocycles. The highest BCUT2D eigenvalue weighted by molar-refractivity contribution is 7.89. The molecule has 3 atom stereocenters. The zero-order chi connectivity index (χ0) is 33.8. The lowest BCUT2D eigenvalue weighted by Crippen LogP contribution is -2.49. The van der Waals surface area contributed by atoms with Gasteiger partial charge in [-0.05, 0) is 92.6 Å². The number of methoxy groups -OCH3 is 1. The van der Waals surface area contributed by atoms with Crippen LogP contribution in [0.1, 0.15) is 76.4 Å². The van der Waals surface area contributed by atoms with E-state index >= 15 is 0 Å². The summed E-state index contributed by atoms with van der Waals surface area (Å²) in [5.41, 5.74) is 2.31. The smallest absolute Gasteiger partial charge is 0.252 e. The van der Waals surface area contributed by atoms with Gasteiger partial charge in [0, 0.05) is 24.8 Å². The number of nitrogens with zero attached hydrogens (tertiary/aromatic N) is 5. The maximum atomic E-state index is 14.8. The quantitative estimate of drug-likeness (QED) is 0.231. The Morgan fingerprint density at radius 3 is 2.33 bits per heavy atom. The first-order valence-electron chi connectivity index (χ1n) is 16.8.